The minimum Gasteiger partial charge on any atom is -0.472 e. The molecular weight excluding hydrogens is 161 g/mol. The Morgan fingerprint density at radius 1 is 1.67 bits per heavy atom. The summed E-state index contributed by atoms with van der Waals surface area (Å²) < 4.78 is 17.5. The molecule has 1 heterocycles. The smallest absolute Gasteiger partial charge is 0.216 e. The average Bonchev–Trinajstić information content (AvgIpc) is 2.04. The van der Waals surface area contributed by atoms with Crippen LogP contribution in [0.5, 0.6) is 5.88 Å². The second-order valence-electron chi connectivity index (χ2n) is 2.41. The third kappa shape index (κ3) is 2.47. The summed E-state index contributed by atoms with van der Waals surface area (Å²) >= 11 is 0. The Morgan fingerprint density at radius 2 is 2.42 bits per heavy atom. The first-order valence-electron chi connectivity index (χ1n) is 3.62. The van der Waals surface area contributed by atoms with Gasteiger partial charge in [0.2, 0.25) is 11.8 Å². The molecule has 3 nitrogen and oxygen atoms in total. The molecule has 66 valence electrons. The molecule has 0 unspecified atom stereocenters. The second-order valence-corrected chi connectivity index (χ2v) is 2.41. The molecule has 1 N–H and O–H groups in total. The van der Waals surface area contributed by atoms with Crippen molar-refractivity contribution < 1.29 is 14.2 Å². The molecule has 0 aliphatic rings. The summed E-state index contributed by atoms with van der Waals surface area (Å²) in [7, 11) is 0. The van der Waals surface area contributed by atoms with Gasteiger partial charge < -0.3 is 9.84 Å². The predicted molar refractivity (Wildman–Crippen MR) is 41.4 cm³/mol. The zero-order valence-corrected chi connectivity index (χ0v) is 6.70. The van der Waals surface area contributed by atoms with Crippen molar-refractivity contribution in [3.8, 4) is 5.88 Å². The van der Waals surface area contributed by atoms with E-state index in [1.165, 1.54) is 18.2 Å². The highest BCUT2D eigenvalue weighted by Crippen LogP contribution is 2.08. The van der Waals surface area contributed by atoms with Crippen molar-refractivity contribution in [1.29, 1.82) is 0 Å². The number of pyridine rings is 1. The average molecular weight is 171 g/mol. The van der Waals surface area contributed by atoms with E-state index in [1.807, 2.05) is 0 Å². The van der Waals surface area contributed by atoms with Gasteiger partial charge in [0.1, 0.15) is 6.10 Å². The highest BCUT2D eigenvalue weighted by atomic mass is 19.1. The Hall–Kier alpha value is -1.16. The lowest BCUT2D eigenvalue weighted by molar-refractivity contribution is 0.124. The predicted octanol–water partition coefficient (Wildman–Crippen LogP) is 0.980. The topological polar surface area (TPSA) is 42.4 Å². The molecule has 0 saturated heterocycles. The van der Waals surface area contributed by atoms with Crippen LogP contribution in [0, 0.1) is 5.95 Å². The molecule has 0 amide bonds. The lowest BCUT2D eigenvalue weighted by Gasteiger charge is -2.09. The van der Waals surface area contributed by atoms with Gasteiger partial charge in [-0.25, -0.2) is 0 Å². The Labute approximate surface area is 69.8 Å². The molecule has 4 heteroatoms. The summed E-state index contributed by atoms with van der Waals surface area (Å²) in [6, 6.07) is 4.27. The minimum atomic E-state index is -0.586. The van der Waals surface area contributed by atoms with Crippen LogP contribution in [0.2, 0.25) is 0 Å². The molecule has 12 heavy (non-hydrogen) atoms. The Balaban J connectivity index is 2.63. The fourth-order valence-corrected chi connectivity index (χ4v) is 0.699. The van der Waals surface area contributed by atoms with Crippen molar-refractivity contribution in [2.24, 2.45) is 0 Å². The van der Waals surface area contributed by atoms with Gasteiger partial charge in [-0.15, -0.1) is 0 Å². The van der Waals surface area contributed by atoms with Crippen molar-refractivity contribution in [2.75, 3.05) is 6.61 Å². The number of hydrogen-bond donors (Lipinski definition) is 1. The van der Waals surface area contributed by atoms with Gasteiger partial charge in [0.05, 0.1) is 6.61 Å². The summed E-state index contributed by atoms with van der Waals surface area (Å²) in [6.45, 7) is 1.56. The number of halogens is 1. The molecule has 0 aromatic carbocycles. The molecule has 1 atom stereocenters. The van der Waals surface area contributed by atoms with E-state index >= 15 is 0 Å². The summed E-state index contributed by atoms with van der Waals surface area (Å²) in [6.07, 6.45) is -0.362. The minimum absolute atomic E-state index is 0.113. The highest BCUT2D eigenvalue weighted by molar-refractivity contribution is 5.10. The van der Waals surface area contributed by atoms with Gasteiger partial charge in [-0.2, -0.15) is 9.37 Å². The number of nitrogens with zero attached hydrogens (tertiary/aromatic N) is 1. The zero-order chi connectivity index (χ0) is 8.97. The summed E-state index contributed by atoms with van der Waals surface area (Å²) in [5.41, 5.74) is 0. The number of hydrogen-bond acceptors (Lipinski definition) is 3. The van der Waals surface area contributed by atoms with Crippen molar-refractivity contribution >= 4 is 0 Å². The summed E-state index contributed by atoms with van der Waals surface area (Å²) in [4.78, 5) is 3.46. The van der Waals surface area contributed by atoms with Gasteiger partial charge in [0.25, 0.3) is 0 Å². The van der Waals surface area contributed by atoms with E-state index in [4.69, 9.17) is 9.84 Å². The third-order valence-electron chi connectivity index (χ3n) is 1.27. The number of aromatic nitrogens is 1. The molecule has 0 spiro atoms. The first-order chi connectivity index (χ1) is 5.72. The van der Waals surface area contributed by atoms with E-state index in [0.717, 1.165) is 0 Å². The number of ether oxygens (including phenoxy) is 1. The SMILES string of the molecule is C[C@H](CO)Oc1cccc(F)n1. The van der Waals surface area contributed by atoms with Crippen LogP contribution in [-0.2, 0) is 0 Å². The first-order valence-corrected chi connectivity index (χ1v) is 3.62. The molecule has 0 aliphatic heterocycles. The maximum Gasteiger partial charge on any atom is 0.216 e. The summed E-state index contributed by atoms with van der Waals surface area (Å²) in [5, 5.41) is 8.62. The van der Waals surface area contributed by atoms with Crippen molar-refractivity contribution in [2.45, 2.75) is 13.0 Å². The Kier molecular flexibility index (Phi) is 2.99. The fourth-order valence-electron chi connectivity index (χ4n) is 0.699. The van der Waals surface area contributed by atoms with Crippen LogP contribution in [0.4, 0.5) is 4.39 Å². The molecule has 1 aromatic rings. The van der Waals surface area contributed by atoms with Crippen LogP contribution in [0.3, 0.4) is 0 Å². The lowest BCUT2D eigenvalue weighted by atomic mass is 10.4. The Morgan fingerprint density at radius 3 is 3.00 bits per heavy atom. The normalized spacial score (nSPS) is 12.6. The molecule has 0 bridgehead atoms. The van der Waals surface area contributed by atoms with Gasteiger partial charge >= 0.3 is 0 Å². The van der Waals surface area contributed by atoms with Crippen molar-refractivity contribution in [3.63, 3.8) is 0 Å². The maximum absolute atomic E-state index is 12.5. The van der Waals surface area contributed by atoms with Crippen LogP contribution >= 0.6 is 0 Å². The third-order valence-corrected chi connectivity index (χ3v) is 1.27. The van der Waals surface area contributed by atoms with E-state index in [9.17, 15) is 4.39 Å². The number of aliphatic hydroxyl groups excluding tert-OH is 1. The van der Waals surface area contributed by atoms with Gasteiger partial charge in [-0.05, 0) is 13.0 Å². The monoisotopic (exact) mass is 171 g/mol. The first kappa shape index (κ1) is 8.93. The second kappa shape index (κ2) is 4.01. The number of aliphatic hydroxyl groups is 1. The maximum atomic E-state index is 12.5. The van der Waals surface area contributed by atoms with Gasteiger partial charge in [-0.3, -0.25) is 0 Å². The van der Waals surface area contributed by atoms with E-state index in [1.54, 1.807) is 6.92 Å². The van der Waals surface area contributed by atoms with Gasteiger partial charge in [0.15, 0.2) is 0 Å². The molecule has 1 aromatic heterocycles. The lowest BCUT2D eigenvalue weighted by Crippen LogP contribution is -2.16. The molecule has 0 fully saturated rings. The molecule has 0 saturated carbocycles. The molecule has 1 rings (SSSR count). The standard InChI is InChI=1S/C8H10FNO2/c1-6(5-11)12-8-4-2-3-7(9)10-8/h2-4,6,11H,5H2,1H3/t6-/m1/s1. The number of rotatable bonds is 3. The van der Waals surface area contributed by atoms with Crippen molar-refractivity contribution in [1.82, 2.24) is 4.98 Å². The van der Waals surface area contributed by atoms with Crippen LogP contribution in [-0.4, -0.2) is 22.8 Å². The highest BCUT2D eigenvalue weighted by Gasteiger charge is 2.02. The fraction of sp³-hybridized carbons (Fsp3) is 0.375. The molecule has 0 aliphatic carbocycles. The van der Waals surface area contributed by atoms with E-state index in [0.29, 0.717) is 0 Å². The van der Waals surface area contributed by atoms with Crippen LogP contribution in [0.1, 0.15) is 6.92 Å². The van der Waals surface area contributed by atoms with Crippen molar-refractivity contribution in [3.05, 3.63) is 24.1 Å². The zero-order valence-electron chi connectivity index (χ0n) is 6.70. The van der Waals surface area contributed by atoms with Gasteiger partial charge in [0, 0.05) is 6.07 Å². The molecular formula is C8H10FNO2. The van der Waals surface area contributed by atoms with E-state index in [-0.39, 0.29) is 18.6 Å². The van der Waals surface area contributed by atoms with Crippen LogP contribution in [0.15, 0.2) is 18.2 Å². The summed E-state index contributed by atoms with van der Waals surface area (Å²) in [5.74, 6) is -0.394. The molecule has 0 radical (unpaired) electrons. The van der Waals surface area contributed by atoms with Gasteiger partial charge in [-0.1, -0.05) is 6.07 Å². The van der Waals surface area contributed by atoms with Crippen LogP contribution in [0.25, 0.3) is 0 Å². The van der Waals surface area contributed by atoms with E-state index < -0.39 is 5.95 Å². The van der Waals surface area contributed by atoms with Crippen LogP contribution < -0.4 is 4.74 Å². The quantitative estimate of drug-likeness (QED) is 0.689. The largest absolute Gasteiger partial charge is 0.472 e. The van der Waals surface area contributed by atoms with E-state index in [2.05, 4.69) is 4.98 Å². The Bertz CT molecular complexity index is 255.